The van der Waals surface area contributed by atoms with Crippen molar-refractivity contribution in [2.75, 3.05) is 17.2 Å². The number of furan rings is 1. The molecule has 0 radical (unpaired) electrons. The van der Waals surface area contributed by atoms with Gasteiger partial charge in [0.1, 0.15) is 6.10 Å². The average Bonchev–Trinajstić information content (AvgIpc) is 3.12. The lowest BCUT2D eigenvalue weighted by Gasteiger charge is -2.16. The van der Waals surface area contributed by atoms with E-state index >= 15 is 0 Å². The molecule has 7 heteroatoms. The van der Waals surface area contributed by atoms with Crippen LogP contribution >= 0.6 is 11.6 Å². The largest absolute Gasteiger partial charge is 0.459 e. The van der Waals surface area contributed by atoms with Gasteiger partial charge in [0.25, 0.3) is 11.8 Å². The van der Waals surface area contributed by atoms with Crippen LogP contribution in [0, 0.1) is 0 Å². The summed E-state index contributed by atoms with van der Waals surface area (Å²) in [5.41, 5.74) is 0.809. The average molecular weight is 365 g/mol. The van der Waals surface area contributed by atoms with E-state index in [0.717, 1.165) is 12.8 Å². The van der Waals surface area contributed by atoms with Crippen LogP contribution in [0.25, 0.3) is 0 Å². The van der Waals surface area contributed by atoms with Gasteiger partial charge in [0.2, 0.25) is 0 Å². The van der Waals surface area contributed by atoms with E-state index < -0.39 is 12.0 Å². The predicted octanol–water partition coefficient (Wildman–Crippen LogP) is 4.33. The molecule has 2 amide bonds. The highest BCUT2D eigenvalue weighted by Gasteiger charge is 2.17. The van der Waals surface area contributed by atoms with Crippen LogP contribution in [0.3, 0.4) is 0 Å². The number of halogens is 1. The number of ether oxygens (including phenoxy) is 1. The minimum absolute atomic E-state index is 0.161. The van der Waals surface area contributed by atoms with Crippen LogP contribution in [0.2, 0.25) is 5.02 Å². The molecule has 0 spiro atoms. The molecule has 0 aliphatic heterocycles. The summed E-state index contributed by atoms with van der Waals surface area (Å²) >= 11 is 6.00. The second-order valence-corrected chi connectivity index (χ2v) is 5.91. The summed E-state index contributed by atoms with van der Waals surface area (Å²) in [6.45, 7) is 4.26. The molecule has 1 aromatic carbocycles. The lowest BCUT2D eigenvalue weighted by Crippen LogP contribution is -2.28. The molecular formula is C18H21ClN2O4. The Morgan fingerprint density at radius 2 is 2.04 bits per heavy atom. The van der Waals surface area contributed by atoms with Gasteiger partial charge < -0.3 is 19.8 Å². The number of hydrogen-bond donors (Lipinski definition) is 2. The number of hydrogen-bond acceptors (Lipinski definition) is 4. The van der Waals surface area contributed by atoms with Gasteiger partial charge in [-0.25, -0.2) is 0 Å². The summed E-state index contributed by atoms with van der Waals surface area (Å²) < 4.78 is 10.5. The highest BCUT2D eigenvalue weighted by molar-refractivity contribution is 6.31. The van der Waals surface area contributed by atoms with Gasteiger partial charge in [0, 0.05) is 11.6 Å². The second kappa shape index (κ2) is 9.25. The normalized spacial score (nSPS) is 11.8. The molecule has 6 nitrogen and oxygen atoms in total. The van der Waals surface area contributed by atoms with Crippen molar-refractivity contribution in [1.29, 1.82) is 0 Å². The van der Waals surface area contributed by atoms with Gasteiger partial charge in [-0.05, 0) is 43.7 Å². The number of carbonyl (C=O) groups is 2. The zero-order valence-corrected chi connectivity index (χ0v) is 14.9. The molecule has 1 atom stereocenters. The fourth-order valence-electron chi connectivity index (χ4n) is 2.04. The van der Waals surface area contributed by atoms with E-state index in [1.165, 1.54) is 6.26 Å². The van der Waals surface area contributed by atoms with Gasteiger partial charge in [-0.3, -0.25) is 9.59 Å². The van der Waals surface area contributed by atoms with Crippen LogP contribution in [0.15, 0.2) is 41.0 Å². The second-order valence-electron chi connectivity index (χ2n) is 5.48. The molecule has 0 fully saturated rings. The summed E-state index contributed by atoms with van der Waals surface area (Å²) in [5, 5.41) is 5.86. The Bertz CT molecular complexity index is 716. The van der Waals surface area contributed by atoms with Crippen LogP contribution < -0.4 is 10.6 Å². The van der Waals surface area contributed by atoms with Crippen molar-refractivity contribution in [1.82, 2.24) is 0 Å². The molecular weight excluding hydrogens is 344 g/mol. The molecule has 0 saturated heterocycles. The maximum atomic E-state index is 12.3. The number of anilines is 2. The first-order valence-corrected chi connectivity index (χ1v) is 8.46. The zero-order chi connectivity index (χ0) is 18.2. The van der Waals surface area contributed by atoms with E-state index in [1.807, 2.05) is 0 Å². The fourth-order valence-corrected chi connectivity index (χ4v) is 2.21. The molecule has 2 rings (SSSR count). The Balaban J connectivity index is 2.07. The van der Waals surface area contributed by atoms with E-state index in [9.17, 15) is 9.59 Å². The number of unbranched alkanes of at least 4 members (excludes halogenated alkanes) is 1. The van der Waals surface area contributed by atoms with Crippen molar-refractivity contribution in [3.05, 3.63) is 47.4 Å². The number of nitrogens with one attached hydrogen (secondary N) is 2. The van der Waals surface area contributed by atoms with Gasteiger partial charge in [-0.1, -0.05) is 24.9 Å². The monoisotopic (exact) mass is 364 g/mol. The van der Waals surface area contributed by atoms with Gasteiger partial charge in [-0.15, -0.1) is 0 Å². The molecule has 2 N–H and O–H groups in total. The minimum Gasteiger partial charge on any atom is -0.459 e. The van der Waals surface area contributed by atoms with Gasteiger partial charge in [0.05, 0.1) is 17.6 Å². The van der Waals surface area contributed by atoms with Crippen molar-refractivity contribution >= 4 is 34.8 Å². The molecule has 1 unspecified atom stereocenters. The molecule has 0 bridgehead atoms. The number of rotatable bonds is 8. The van der Waals surface area contributed by atoms with Crippen molar-refractivity contribution < 1.29 is 18.7 Å². The third kappa shape index (κ3) is 5.62. The smallest absolute Gasteiger partial charge is 0.291 e. The lowest BCUT2D eigenvalue weighted by molar-refractivity contribution is -0.126. The Hall–Kier alpha value is -2.31. The van der Waals surface area contributed by atoms with Crippen LogP contribution in [0.1, 0.15) is 37.2 Å². The van der Waals surface area contributed by atoms with Crippen molar-refractivity contribution in [3.63, 3.8) is 0 Å². The first-order valence-electron chi connectivity index (χ1n) is 8.08. The van der Waals surface area contributed by atoms with Crippen molar-refractivity contribution in [3.8, 4) is 0 Å². The number of carbonyl (C=O) groups excluding carboxylic acids is 2. The Morgan fingerprint density at radius 3 is 2.72 bits per heavy atom. The molecule has 1 aromatic heterocycles. The molecule has 134 valence electrons. The molecule has 2 aromatic rings. The summed E-state index contributed by atoms with van der Waals surface area (Å²) in [4.78, 5) is 24.4. The standard InChI is InChI=1S/C18H21ClN2O4/c1-3-4-9-24-12(2)17(22)20-14-8-7-13(19)11-15(14)21-18(23)16-6-5-10-25-16/h5-8,10-12H,3-4,9H2,1-2H3,(H,20,22)(H,21,23). The summed E-state index contributed by atoms with van der Waals surface area (Å²) in [5.74, 6) is -0.574. The maximum absolute atomic E-state index is 12.3. The Labute approximate surface area is 151 Å². The third-order valence-corrected chi connectivity index (χ3v) is 3.70. The molecule has 0 aliphatic rings. The molecule has 1 heterocycles. The minimum atomic E-state index is -0.601. The zero-order valence-electron chi connectivity index (χ0n) is 14.2. The maximum Gasteiger partial charge on any atom is 0.291 e. The summed E-state index contributed by atoms with van der Waals surface area (Å²) in [6.07, 6.45) is 2.69. The van der Waals surface area contributed by atoms with E-state index in [-0.39, 0.29) is 11.7 Å². The van der Waals surface area contributed by atoms with E-state index in [1.54, 1.807) is 37.3 Å². The van der Waals surface area contributed by atoms with Crippen molar-refractivity contribution in [2.24, 2.45) is 0 Å². The summed E-state index contributed by atoms with van der Waals surface area (Å²) in [6, 6.07) is 7.96. The van der Waals surface area contributed by atoms with Crippen LogP contribution in [0.4, 0.5) is 11.4 Å². The van der Waals surface area contributed by atoms with E-state index in [4.69, 9.17) is 20.8 Å². The lowest BCUT2D eigenvalue weighted by atomic mass is 10.2. The van der Waals surface area contributed by atoms with Gasteiger partial charge in [0.15, 0.2) is 5.76 Å². The number of benzene rings is 1. The van der Waals surface area contributed by atoms with E-state index in [0.29, 0.717) is 23.0 Å². The van der Waals surface area contributed by atoms with Crippen LogP contribution in [-0.2, 0) is 9.53 Å². The van der Waals surface area contributed by atoms with Crippen molar-refractivity contribution in [2.45, 2.75) is 32.8 Å². The Kier molecular flexibility index (Phi) is 7.03. The quantitative estimate of drug-likeness (QED) is 0.683. The molecule has 25 heavy (non-hydrogen) atoms. The highest BCUT2D eigenvalue weighted by Crippen LogP contribution is 2.26. The van der Waals surface area contributed by atoms with Gasteiger partial charge in [-0.2, -0.15) is 0 Å². The van der Waals surface area contributed by atoms with E-state index in [2.05, 4.69) is 17.6 Å². The topological polar surface area (TPSA) is 80.6 Å². The first kappa shape index (κ1) is 19.0. The number of amides is 2. The highest BCUT2D eigenvalue weighted by atomic mass is 35.5. The summed E-state index contributed by atoms with van der Waals surface area (Å²) in [7, 11) is 0. The molecule has 0 saturated carbocycles. The first-order chi connectivity index (χ1) is 12.0. The Morgan fingerprint density at radius 1 is 1.24 bits per heavy atom. The van der Waals surface area contributed by atoms with Crippen LogP contribution in [0.5, 0.6) is 0 Å². The molecule has 0 aliphatic carbocycles. The predicted molar refractivity (Wildman–Crippen MR) is 97.1 cm³/mol. The van der Waals surface area contributed by atoms with Gasteiger partial charge >= 0.3 is 0 Å². The van der Waals surface area contributed by atoms with Crippen LogP contribution in [-0.4, -0.2) is 24.5 Å². The SMILES string of the molecule is CCCCOC(C)C(=O)Nc1ccc(Cl)cc1NC(=O)c1ccco1. The fraction of sp³-hybridized carbons (Fsp3) is 0.333. The third-order valence-electron chi connectivity index (χ3n) is 3.47.